The summed E-state index contributed by atoms with van der Waals surface area (Å²) in [6, 6.07) is 9.57. The molecule has 1 aliphatic rings. The molecule has 0 radical (unpaired) electrons. The smallest absolute Gasteiger partial charge is 0.211 e. The van der Waals surface area contributed by atoms with Gasteiger partial charge in [-0.25, -0.2) is 8.42 Å². The Balaban J connectivity index is 2.26. The molecule has 4 nitrogen and oxygen atoms in total. The number of rotatable bonds is 2. The van der Waals surface area contributed by atoms with E-state index in [1.807, 2.05) is 37.3 Å². The highest BCUT2D eigenvalue weighted by atomic mass is 32.2. The van der Waals surface area contributed by atoms with Crippen LogP contribution in [0.25, 0.3) is 0 Å². The van der Waals surface area contributed by atoms with Gasteiger partial charge in [0.15, 0.2) is 0 Å². The first-order valence-electron chi connectivity index (χ1n) is 5.63. The summed E-state index contributed by atoms with van der Waals surface area (Å²) in [7, 11) is -3.16. The lowest BCUT2D eigenvalue weighted by molar-refractivity contribution is -0.0358. The summed E-state index contributed by atoms with van der Waals surface area (Å²) in [5.41, 5.74) is 1.02. The lowest BCUT2D eigenvalue weighted by Crippen LogP contribution is -2.48. The molecule has 1 fully saturated rings. The maximum absolute atomic E-state index is 11.6. The van der Waals surface area contributed by atoms with Crippen molar-refractivity contribution in [3.05, 3.63) is 35.9 Å². The summed E-state index contributed by atoms with van der Waals surface area (Å²) >= 11 is 0. The van der Waals surface area contributed by atoms with Gasteiger partial charge in [-0.15, -0.1) is 0 Å². The first-order valence-corrected chi connectivity index (χ1v) is 7.48. The van der Waals surface area contributed by atoms with Crippen LogP contribution in [-0.2, 0) is 14.8 Å². The molecule has 94 valence electrons. The van der Waals surface area contributed by atoms with Crippen molar-refractivity contribution < 1.29 is 13.2 Å². The van der Waals surface area contributed by atoms with Crippen LogP contribution in [-0.4, -0.2) is 38.2 Å². The normalized spacial score (nSPS) is 26.9. The molecule has 0 amide bonds. The van der Waals surface area contributed by atoms with Gasteiger partial charge in [0, 0.05) is 6.54 Å². The zero-order valence-corrected chi connectivity index (χ0v) is 10.9. The molecule has 0 N–H and O–H groups in total. The standard InChI is InChI=1S/C12H17NO3S/c1-10-12(11-6-4-3-5-7-11)16-9-8-13(10)17(2,14)15/h3-7,10,12H,8-9H2,1-2H3. The predicted molar refractivity (Wildman–Crippen MR) is 66.1 cm³/mol. The molecule has 1 aromatic carbocycles. The second-order valence-corrected chi connectivity index (χ2v) is 6.25. The highest BCUT2D eigenvalue weighted by Gasteiger charge is 2.34. The molecule has 5 heteroatoms. The average molecular weight is 255 g/mol. The topological polar surface area (TPSA) is 46.6 Å². The molecule has 1 aliphatic heterocycles. The Morgan fingerprint density at radius 3 is 2.53 bits per heavy atom. The van der Waals surface area contributed by atoms with Gasteiger partial charge in [-0.2, -0.15) is 4.31 Å². The van der Waals surface area contributed by atoms with Gasteiger partial charge in [0.1, 0.15) is 0 Å². The Morgan fingerprint density at radius 2 is 1.94 bits per heavy atom. The van der Waals surface area contributed by atoms with Crippen LogP contribution in [0.2, 0.25) is 0 Å². The van der Waals surface area contributed by atoms with Crippen molar-refractivity contribution >= 4 is 10.0 Å². The lowest BCUT2D eigenvalue weighted by atomic mass is 10.0. The fourth-order valence-corrected chi connectivity index (χ4v) is 3.37. The van der Waals surface area contributed by atoms with E-state index in [0.29, 0.717) is 13.2 Å². The molecule has 0 saturated carbocycles. The lowest BCUT2D eigenvalue weighted by Gasteiger charge is -2.37. The average Bonchev–Trinajstić information content (AvgIpc) is 2.29. The van der Waals surface area contributed by atoms with Crippen molar-refractivity contribution in [2.45, 2.75) is 19.1 Å². The Morgan fingerprint density at radius 1 is 1.29 bits per heavy atom. The van der Waals surface area contributed by atoms with Crippen LogP contribution in [0.4, 0.5) is 0 Å². The SMILES string of the molecule is CC1C(c2ccccc2)OCCN1S(C)(=O)=O. The summed E-state index contributed by atoms with van der Waals surface area (Å²) in [5, 5.41) is 0. The number of hydrogen-bond donors (Lipinski definition) is 0. The molecule has 2 rings (SSSR count). The molecular formula is C12H17NO3S. The van der Waals surface area contributed by atoms with Crippen molar-refractivity contribution in [3.63, 3.8) is 0 Å². The van der Waals surface area contributed by atoms with E-state index in [2.05, 4.69) is 0 Å². The monoisotopic (exact) mass is 255 g/mol. The third kappa shape index (κ3) is 2.68. The van der Waals surface area contributed by atoms with E-state index in [0.717, 1.165) is 5.56 Å². The van der Waals surface area contributed by atoms with Gasteiger partial charge in [-0.1, -0.05) is 30.3 Å². The third-order valence-electron chi connectivity index (χ3n) is 3.06. The van der Waals surface area contributed by atoms with Crippen LogP contribution in [0.15, 0.2) is 30.3 Å². The molecule has 2 unspecified atom stereocenters. The fraction of sp³-hybridized carbons (Fsp3) is 0.500. The van der Waals surface area contributed by atoms with Gasteiger partial charge in [0.2, 0.25) is 10.0 Å². The van der Waals surface area contributed by atoms with Crippen LogP contribution in [0.3, 0.4) is 0 Å². The van der Waals surface area contributed by atoms with Gasteiger partial charge in [0.05, 0.1) is 25.0 Å². The predicted octanol–water partition coefficient (Wildman–Crippen LogP) is 1.41. The minimum atomic E-state index is -3.16. The van der Waals surface area contributed by atoms with E-state index < -0.39 is 10.0 Å². The highest BCUT2D eigenvalue weighted by molar-refractivity contribution is 7.88. The molecule has 0 aromatic heterocycles. The van der Waals surface area contributed by atoms with Gasteiger partial charge in [-0.05, 0) is 12.5 Å². The largest absolute Gasteiger partial charge is 0.370 e. The number of hydrogen-bond acceptors (Lipinski definition) is 3. The number of benzene rings is 1. The first-order chi connectivity index (χ1) is 8.00. The molecule has 1 aromatic rings. The van der Waals surface area contributed by atoms with Crippen molar-refractivity contribution in [2.75, 3.05) is 19.4 Å². The minimum absolute atomic E-state index is 0.166. The summed E-state index contributed by atoms with van der Waals surface area (Å²) < 4.78 is 30.5. The number of sulfonamides is 1. The Bertz CT molecular complexity index is 472. The van der Waals surface area contributed by atoms with Crippen LogP contribution in [0, 0.1) is 0 Å². The van der Waals surface area contributed by atoms with Crippen molar-refractivity contribution in [2.24, 2.45) is 0 Å². The Hall–Kier alpha value is -0.910. The molecule has 17 heavy (non-hydrogen) atoms. The van der Waals surface area contributed by atoms with Gasteiger partial charge in [0.25, 0.3) is 0 Å². The zero-order valence-electron chi connectivity index (χ0n) is 10.0. The van der Waals surface area contributed by atoms with Crippen molar-refractivity contribution in [1.29, 1.82) is 0 Å². The second kappa shape index (κ2) is 4.76. The maximum atomic E-state index is 11.6. The van der Waals surface area contributed by atoms with Gasteiger partial charge in [-0.3, -0.25) is 0 Å². The van der Waals surface area contributed by atoms with E-state index in [4.69, 9.17) is 4.74 Å². The number of nitrogens with zero attached hydrogens (tertiary/aromatic N) is 1. The van der Waals surface area contributed by atoms with Crippen LogP contribution in [0.5, 0.6) is 0 Å². The fourth-order valence-electron chi connectivity index (χ4n) is 2.25. The molecular weight excluding hydrogens is 238 g/mol. The minimum Gasteiger partial charge on any atom is -0.370 e. The highest BCUT2D eigenvalue weighted by Crippen LogP contribution is 2.29. The van der Waals surface area contributed by atoms with Crippen molar-refractivity contribution in [1.82, 2.24) is 4.31 Å². The number of morpholine rings is 1. The molecule has 0 spiro atoms. The molecule has 2 atom stereocenters. The third-order valence-corrected chi connectivity index (χ3v) is 4.42. The van der Waals surface area contributed by atoms with Gasteiger partial charge >= 0.3 is 0 Å². The van der Waals surface area contributed by atoms with E-state index in [1.165, 1.54) is 10.6 Å². The second-order valence-electron chi connectivity index (χ2n) is 4.32. The first kappa shape index (κ1) is 12.5. The van der Waals surface area contributed by atoms with Crippen LogP contribution in [0.1, 0.15) is 18.6 Å². The van der Waals surface area contributed by atoms with E-state index >= 15 is 0 Å². The van der Waals surface area contributed by atoms with E-state index in [-0.39, 0.29) is 12.1 Å². The van der Waals surface area contributed by atoms with Crippen LogP contribution >= 0.6 is 0 Å². The maximum Gasteiger partial charge on any atom is 0.211 e. The van der Waals surface area contributed by atoms with Crippen molar-refractivity contribution in [3.8, 4) is 0 Å². The van der Waals surface area contributed by atoms with E-state index in [9.17, 15) is 8.42 Å². The molecule has 1 saturated heterocycles. The van der Waals surface area contributed by atoms with Gasteiger partial charge < -0.3 is 4.74 Å². The van der Waals surface area contributed by atoms with Crippen LogP contribution < -0.4 is 0 Å². The summed E-state index contributed by atoms with van der Waals surface area (Å²) in [5.74, 6) is 0. The Kier molecular flexibility index (Phi) is 3.51. The zero-order chi connectivity index (χ0) is 12.5. The Labute approximate surface area is 102 Å². The molecule has 0 bridgehead atoms. The molecule has 1 heterocycles. The molecule has 0 aliphatic carbocycles. The summed E-state index contributed by atoms with van der Waals surface area (Å²) in [6.45, 7) is 2.76. The summed E-state index contributed by atoms with van der Waals surface area (Å²) in [4.78, 5) is 0. The van der Waals surface area contributed by atoms with E-state index in [1.54, 1.807) is 0 Å². The summed E-state index contributed by atoms with van der Waals surface area (Å²) in [6.07, 6.45) is 1.07. The number of ether oxygens (including phenoxy) is 1. The quantitative estimate of drug-likeness (QED) is 0.802.